The molecule has 0 heterocycles. The summed E-state index contributed by atoms with van der Waals surface area (Å²) in [6.45, 7) is 3.73. The Labute approximate surface area is 119 Å². The molecule has 0 spiro atoms. The Morgan fingerprint density at radius 2 is 1.56 bits per heavy atom. The summed E-state index contributed by atoms with van der Waals surface area (Å²) < 4.78 is 3.39. The summed E-state index contributed by atoms with van der Waals surface area (Å²) in [5.74, 6) is 0.477. The standard InChI is InChI=1S/C10H6Cl5O/c1-6-2-4-7(5-3-6)16-9(12)8(11)10(13,14)15/h2-5H,1H2/b9-8+. The monoisotopic (exact) mass is 317 g/mol. The second kappa shape index (κ2) is 5.70. The van der Waals surface area contributed by atoms with Gasteiger partial charge in [0, 0.05) is 0 Å². The van der Waals surface area contributed by atoms with Crippen LogP contribution in [0.4, 0.5) is 0 Å². The fourth-order valence-electron chi connectivity index (χ4n) is 0.817. The fraction of sp³-hybridized carbons (Fsp3) is 0.100. The van der Waals surface area contributed by atoms with Crippen LogP contribution in [0.2, 0.25) is 0 Å². The van der Waals surface area contributed by atoms with Gasteiger partial charge in [0.25, 0.3) is 0 Å². The molecule has 0 atom stereocenters. The van der Waals surface area contributed by atoms with E-state index in [9.17, 15) is 0 Å². The highest BCUT2D eigenvalue weighted by atomic mass is 35.6. The van der Waals surface area contributed by atoms with Crippen LogP contribution in [0.15, 0.2) is 34.5 Å². The average molecular weight is 319 g/mol. The molecule has 0 aliphatic rings. The van der Waals surface area contributed by atoms with Gasteiger partial charge in [0.05, 0.1) is 0 Å². The molecule has 1 aromatic rings. The summed E-state index contributed by atoms with van der Waals surface area (Å²) in [6.07, 6.45) is 0. The van der Waals surface area contributed by atoms with Gasteiger partial charge in [-0.3, -0.25) is 0 Å². The van der Waals surface area contributed by atoms with Crippen molar-refractivity contribution < 1.29 is 4.74 Å². The van der Waals surface area contributed by atoms with Crippen LogP contribution in [-0.4, -0.2) is 3.79 Å². The van der Waals surface area contributed by atoms with Gasteiger partial charge in [0.15, 0.2) is 0 Å². The van der Waals surface area contributed by atoms with E-state index < -0.39 is 3.79 Å². The molecule has 16 heavy (non-hydrogen) atoms. The van der Waals surface area contributed by atoms with Crippen molar-refractivity contribution >= 4 is 58.0 Å². The summed E-state index contributed by atoms with van der Waals surface area (Å²) in [4.78, 5) is 0. The molecule has 0 unspecified atom stereocenters. The lowest BCUT2D eigenvalue weighted by Crippen LogP contribution is -2.06. The summed E-state index contributed by atoms with van der Waals surface area (Å²) in [6, 6.07) is 6.85. The van der Waals surface area contributed by atoms with Crippen LogP contribution in [0.25, 0.3) is 0 Å². The molecule has 0 aromatic heterocycles. The van der Waals surface area contributed by atoms with Crippen LogP contribution < -0.4 is 4.74 Å². The Kier molecular flexibility index (Phi) is 5.09. The van der Waals surface area contributed by atoms with Crippen LogP contribution in [0.3, 0.4) is 0 Å². The van der Waals surface area contributed by atoms with Crippen molar-refractivity contribution in [1.82, 2.24) is 0 Å². The normalized spacial score (nSPS) is 13.4. The van der Waals surface area contributed by atoms with Gasteiger partial charge >= 0.3 is 0 Å². The highest BCUT2D eigenvalue weighted by Crippen LogP contribution is 2.40. The van der Waals surface area contributed by atoms with E-state index in [0.29, 0.717) is 5.75 Å². The number of benzene rings is 1. The van der Waals surface area contributed by atoms with E-state index in [4.69, 9.17) is 62.7 Å². The first-order valence-electron chi connectivity index (χ1n) is 4.03. The molecule has 0 aliphatic carbocycles. The minimum Gasteiger partial charge on any atom is -0.444 e. The van der Waals surface area contributed by atoms with Crippen LogP contribution in [0, 0.1) is 6.92 Å². The van der Waals surface area contributed by atoms with Crippen LogP contribution in [-0.2, 0) is 0 Å². The second-order valence-electron chi connectivity index (χ2n) is 2.83. The van der Waals surface area contributed by atoms with Crippen LogP contribution in [0.5, 0.6) is 5.75 Å². The third-order valence-electron chi connectivity index (χ3n) is 1.55. The van der Waals surface area contributed by atoms with Gasteiger partial charge in [-0.1, -0.05) is 58.5 Å². The Hall–Kier alpha value is 0.210. The minimum atomic E-state index is -1.80. The predicted molar refractivity (Wildman–Crippen MR) is 70.6 cm³/mol. The number of rotatable bonds is 2. The maximum absolute atomic E-state index is 5.75. The molecule has 6 heteroatoms. The van der Waals surface area contributed by atoms with E-state index in [2.05, 4.69) is 6.92 Å². The van der Waals surface area contributed by atoms with Gasteiger partial charge in [-0.2, -0.15) is 0 Å². The third-order valence-corrected chi connectivity index (χ3v) is 3.23. The van der Waals surface area contributed by atoms with Gasteiger partial charge in [-0.05, 0) is 36.2 Å². The van der Waals surface area contributed by atoms with E-state index >= 15 is 0 Å². The Balaban J connectivity index is 2.86. The molecule has 1 radical (unpaired) electrons. The second-order valence-corrected chi connectivity index (χ2v) is 5.83. The molecule has 0 aliphatic heterocycles. The highest BCUT2D eigenvalue weighted by molar-refractivity contribution is 6.73. The summed E-state index contributed by atoms with van der Waals surface area (Å²) in [7, 11) is 0. The molecule has 1 aromatic carbocycles. The molecule has 1 rings (SSSR count). The van der Waals surface area contributed by atoms with E-state index in [0.717, 1.165) is 5.56 Å². The molecular weight excluding hydrogens is 313 g/mol. The highest BCUT2D eigenvalue weighted by Gasteiger charge is 2.28. The Morgan fingerprint density at radius 1 is 1.06 bits per heavy atom. The summed E-state index contributed by atoms with van der Waals surface area (Å²) in [5, 5.41) is -0.378. The largest absolute Gasteiger partial charge is 0.444 e. The first-order chi connectivity index (χ1) is 7.30. The van der Waals surface area contributed by atoms with Gasteiger partial charge < -0.3 is 4.74 Å². The van der Waals surface area contributed by atoms with E-state index in [1.54, 1.807) is 24.3 Å². The number of ether oxygens (including phenoxy) is 1. The number of alkyl halides is 3. The zero-order valence-electron chi connectivity index (χ0n) is 7.81. The Bertz CT molecular complexity index is 391. The first-order valence-corrected chi connectivity index (χ1v) is 5.92. The molecule has 0 fully saturated rings. The van der Waals surface area contributed by atoms with Gasteiger partial charge in [-0.25, -0.2) is 0 Å². The predicted octanol–water partition coefficient (Wildman–Crippen LogP) is 5.26. The maximum atomic E-state index is 5.75. The van der Waals surface area contributed by atoms with Gasteiger partial charge in [0.1, 0.15) is 10.8 Å². The van der Waals surface area contributed by atoms with Crippen LogP contribution in [0.1, 0.15) is 5.56 Å². The molecular formula is C10H6Cl5O. The molecule has 0 bridgehead atoms. The zero-order chi connectivity index (χ0) is 12.3. The third kappa shape index (κ3) is 4.23. The number of hydrogen-bond acceptors (Lipinski definition) is 1. The summed E-state index contributed by atoms with van der Waals surface area (Å²) >= 11 is 28.1. The van der Waals surface area contributed by atoms with Crippen molar-refractivity contribution in [3.05, 3.63) is 47.0 Å². The topological polar surface area (TPSA) is 9.23 Å². The van der Waals surface area contributed by atoms with E-state index in [1.165, 1.54) is 0 Å². The first kappa shape index (κ1) is 14.3. The number of hydrogen-bond donors (Lipinski definition) is 0. The molecule has 0 saturated heterocycles. The van der Waals surface area contributed by atoms with Crippen molar-refractivity contribution in [2.75, 3.05) is 0 Å². The van der Waals surface area contributed by atoms with Crippen molar-refractivity contribution in [1.29, 1.82) is 0 Å². The quantitative estimate of drug-likeness (QED) is 0.533. The number of halogens is 5. The molecule has 0 saturated carbocycles. The SMILES string of the molecule is [CH2]c1ccc(O/C(Cl)=C(/Cl)C(Cl)(Cl)Cl)cc1. The maximum Gasteiger partial charge on any atom is 0.230 e. The lowest BCUT2D eigenvalue weighted by molar-refractivity contribution is 0.459. The van der Waals surface area contributed by atoms with Gasteiger partial charge in [0.2, 0.25) is 9.01 Å². The van der Waals surface area contributed by atoms with E-state index in [-0.39, 0.29) is 10.3 Å². The number of allylic oxidation sites excluding steroid dienone is 1. The lowest BCUT2D eigenvalue weighted by Gasteiger charge is -2.12. The lowest BCUT2D eigenvalue weighted by atomic mass is 10.2. The molecule has 0 N–H and O–H groups in total. The van der Waals surface area contributed by atoms with E-state index in [1.807, 2.05) is 0 Å². The van der Waals surface area contributed by atoms with Crippen molar-refractivity contribution in [2.24, 2.45) is 0 Å². The zero-order valence-corrected chi connectivity index (χ0v) is 11.6. The minimum absolute atomic E-state index is 0.182. The molecule has 87 valence electrons. The van der Waals surface area contributed by atoms with Crippen molar-refractivity contribution in [2.45, 2.75) is 3.79 Å². The Morgan fingerprint density at radius 3 is 2.00 bits per heavy atom. The van der Waals surface area contributed by atoms with Gasteiger partial charge in [-0.15, -0.1) is 0 Å². The van der Waals surface area contributed by atoms with Crippen LogP contribution >= 0.6 is 58.0 Å². The molecule has 0 amide bonds. The fourth-order valence-corrected chi connectivity index (χ4v) is 1.49. The molecule has 1 nitrogen and oxygen atoms in total. The summed E-state index contributed by atoms with van der Waals surface area (Å²) in [5.41, 5.74) is 0.847. The van der Waals surface area contributed by atoms with Crippen molar-refractivity contribution in [3.8, 4) is 5.75 Å². The average Bonchev–Trinajstić information content (AvgIpc) is 2.19. The smallest absolute Gasteiger partial charge is 0.230 e. The van der Waals surface area contributed by atoms with Crippen molar-refractivity contribution in [3.63, 3.8) is 0 Å².